The van der Waals surface area contributed by atoms with E-state index in [-0.39, 0.29) is 27.7 Å². The molecule has 0 saturated carbocycles. The van der Waals surface area contributed by atoms with Crippen LogP contribution < -0.4 is 9.62 Å². The van der Waals surface area contributed by atoms with Crippen LogP contribution in [-0.2, 0) is 26.2 Å². The first-order valence-corrected chi connectivity index (χ1v) is 14.6. The highest BCUT2D eigenvalue weighted by Gasteiger charge is 2.33. The average Bonchev–Trinajstić information content (AvgIpc) is 2.91. The number of sulfonamides is 1. The molecule has 1 atom stereocenters. The molecular weight excluding hydrogens is 564 g/mol. The van der Waals surface area contributed by atoms with E-state index in [9.17, 15) is 22.4 Å². The van der Waals surface area contributed by atoms with Crippen molar-refractivity contribution in [3.8, 4) is 0 Å². The number of rotatable bonds is 12. The maximum atomic E-state index is 14.6. The first-order valence-electron chi connectivity index (χ1n) is 12.4. The molecule has 208 valence electrons. The molecule has 2 amide bonds. The quantitative estimate of drug-likeness (QED) is 0.274. The Morgan fingerprint density at radius 3 is 2.31 bits per heavy atom. The number of benzene rings is 3. The summed E-state index contributed by atoms with van der Waals surface area (Å²) < 4.78 is 43.0. The van der Waals surface area contributed by atoms with Crippen molar-refractivity contribution in [2.75, 3.05) is 17.4 Å². The van der Waals surface area contributed by atoms with Crippen LogP contribution in [-0.4, -0.2) is 44.3 Å². The van der Waals surface area contributed by atoms with Gasteiger partial charge >= 0.3 is 0 Å². The average molecular weight is 595 g/mol. The van der Waals surface area contributed by atoms with Crippen molar-refractivity contribution in [1.29, 1.82) is 0 Å². The van der Waals surface area contributed by atoms with Crippen molar-refractivity contribution in [3.63, 3.8) is 0 Å². The van der Waals surface area contributed by atoms with Crippen molar-refractivity contribution in [2.24, 2.45) is 0 Å². The van der Waals surface area contributed by atoms with Crippen molar-refractivity contribution in [1.82, 2.24) is 10.2 Å². The SMILES string of the molecule is CCCCNC(=O)[C@@H](C)N(Cc1ccccc1F)C(=O)CN(c1cccc(Cl)c1)S(=O)(=O)c1ccc(Cl)cc1. The van der Waals surface area contributed by atoms with Crippen LogP contribution in [0.15, 0.2) is 77.7 Å². The summed E-state index contributed by atoms with van der Waals surface area (Å²) in [6, 6.07) is 16.5. The number of amides is 2. The van der Waals surface area contributed by atoms with Gasteiger partial charge in [0.15, 0.2) is 0 Å². The number of unbranched alkanes of at least 4 members (excludes halogenated alkanes) is 1. The lowest BCUT2D eigenvalue weighted by molar-refractivity contribution is -0.139. The van der Waals surface area contributed by atoms with Gasteiger partial charge in [-0.25, -0.2) is 12.8 Å². The molecular formula is C28H30Cl2FN3O4S. The summed E-state index contributed by atoms with van der Waals surface area (Å²) in [6.45, 7) is 3.03. The molecule has 3 aromatic carbocycles. The van der Waals surface area contributed by atoms with E-state index in [2.05, 4.69) is 5.32 Å². The molecule has 0 heterocycles. The summed E-state index contributed by atoms with van der Waals surface area (Å²) in [4.78, 5) is 27.8. The van der Waals surface area contributed by atoms with Gasteiger partial charge in [0, 0.05) is 28.7 Å². The smallest absolute Gasteiger partial charge is 0.264 e. The molecule has 0 aliphatic carbocycles. The first kappa shape index (κ1) is 30.4. The lowest BCUT2D eigenvalue weighted by atomic mass is 10.1. The molecule has 0 bridgehead atoms. The largest absolute Gasteiger partial charge is 0.354 e. The van der Waals surface area contributed by atoms with Crippen molar-refractivity contribution in [3.05, 3.63) is 94.2 Å². The zero-order valence-electron chi connectivity index (χ0n) is 21.6. The Bertz CT molecular complexity index is 1400. The molecule has 3 aromatic rings. The van der Waals surface area contributed by atoms with E-state index in [4.69, 9.17) is 23.2 Å². The van der Waals surface area contributed by atoms with Gasteiger partial charge in [0.1, 0.15) is 18.4 Å². The Balaban J connectivity index is 2.01. The minimum atomic E-state index is -4.27. The maximum absolute atomic E-state index is 14.6. The van der Waals surface area contributed by atoms with Gasteiger partial charge in [0.25, 0.3) is 10.0 Å². The van der Waals surface area contributed by atoms with Gasteiger partial charge in [-0.2, -0.15) is 0 Å². The lowest BCUT2D eigenvalue weighted by Gasteiger charge is -2.32. The van der Waals surface area contributed by atoms with Crippen molar-refractivity contribution < 1.29 is 22.4 Å². The number of anilines is 1. The van der Waals surface area contributed by atoms with E-state index in [1.54, 1.807) is 18.2 Å². The molecule has 0 unspecified atom stereocenters. The summed E-state index contributed by atoms with van der Waals surface area (Å²) in [7, 11) is -4.27. The molecule has 0 aliphatic rings. The van der Waals surface area contributed by atoms with E-state index in [0.717, 1.165) is 17.1 Å². The molecule has 0 aliphatic heterocycles. The molecule has 0 aromatic heterocycles. The lowest BCUT2D eigenvalue weighted by Crippen LogP contribution is -2.51. The van der Waals surface area contributed by atoms with Gasteiger partial charge in [-0.1, -0.05) is 60.8 Å². The van der Waals surface area contributed by atoms with Crippen LogP contribution in [0.3, 0.4) is 0 Å². The number of nitrogens with one attached hydrogen (secondary N) is 1. The third-order valence-corrected chi connectivity index (χ3v) is 8.35. The normalized spacial score (nSPS) is 12.0. The Morgan fingerprint density at radius 2 is 1.67 bits per heavy atom. The second-order valence-corrected chi connectivity index (χ2v) is 11.6. The van der Waals surface area contributed by atoms with E-state index in [1.807, 2.05) is 6.92 Å². The fraction of sp³-hybridized carbons (Fsp3) is 0.286. The Hall–Kier alpha value is -3.14. The van der Waals surface area contributed by atoms with Gasteiger partial charge in [-0.15, -0.1) is 0 Å². The number of carbonyl (C=O) groups excluding carboxylic acids is 2. The number of hydrogen-bond donors (Lipinski definition) is 1. The van der Waals surface area contributed by atoms with Crippen LogP contribution in [0, 0.1) is 5.82 Å². The summed E-state index contributed by atoms with van der Waals surface area (Å²) in [5.41, 5.74) is 0.339. The highest BCUT2D eigenvalue weighted by Crippen LogP contribution is 2.27. The van der Waals surface area contributed by atoms with Gasteiger partial charge < -0.3 is 10.2 Å². The van der Waals surface area contributed by atoms with Gasteiger partial charge in [-0.3, -0.25) is 13.9 Å². The molecule has 39 heavy (non-hydrogen) atoms. The maximum Gasteiger partial charge on any atom is 0.264 e. The number of carbonyl (C=O) groups is 2. The minimum Gasteiger partial charge on any atom is -0.354 e. The fourth-order valence-corrected chi connectivity index (χ4v) is 5.54. The van der Waals surface area contributed by atoms with Crippen molar-refractivity contribution >= 4 is 50.7 Å². The third kappa shape index (κ3) is 7.94. The first-order chi connectivity index (χ1) is 18.5. The molecule has 0 radical (unpaired) electrons. The van der Waals surface area contributed by atoms with Crippen molar-refractivity contribution in [2.45, 2.75) is 44.2 Å². The third-order valence-electron chi connectivity index (χ3n) is 6.07. The summed E-state index contributed by atoms with van der Waals surface area (Å²) >= 11 is 12.1. The monoisotopic (exact) mass is 593 g/mol. The fourth-order valence-electron chi connectivity index (χ4n) is 3.82. The summed E-state index contributed by atoms with van der Waals surface area (Å²) in [5, 5.41) is 3.40. The predicted molar refractivity (Wildman–Crippen MR) is 152 cm³/mol. The summed E-state index contributed by atoms with van der Waals surface area (Å²) in [6.07, 6.45) is 1.62. The second kappa shape index (κ2) is 13.8. The van der Waals surface area contributed by atoms with E-state index < -0.39 is 40.2 Å². The van der Waals surface area contributed by atoms with Crippen LogP contribution in [0.4, 0.5) is 10.1 Å². The highest BCUT2D eigenvalue weighted by atomic mass is 35.5. The summed E-state index contributed by atoms with van der Waals surface area (Å²) in [5.74, 6) is -1.67. The molecule has 0 saturated heterocycles. The minimum absolute atomic E-state index is 0.0920. The van der Waals surface area contributed by atoms with E-state index in [1.165, 1.54) is 66.4 Å². The molecule has 0 spiro atoms. The van der Waals surface area contributed by atoms with Crippen LogP contribution in [0.25, 0.3) is 0 Å². The standard InChI is InChI=1S/C28H30Cl2FN3O4S/c1-3-4-16-32-28(36)20(2)33(18-21-8-5-6-11-26(21)31)27(35)19-34(24-10-7-9-23(30)17-24)39(37,38)25-14-12-22(29)13-15-25/h5-15,17,20H,3-4,16,18-19H2,1-2H3,(H,32,36)/t20-/m1/s1. The van der Waals surface area contributed by atoms with E-state index >= 15 is 0 Å². The van der Waals surface area contributed by atoms with Gasteiger partial charge in [0.05, 0.1) is 10.6 Å². The molecule has 0 fully saturated rings. The van der Waals surface area contributed by atoms with Crippen LogP contribution in [0.2, 0.25) is 10.0 Å². The molecule has 11 heteroatoms. The van der Waals surface area contributed by atoms with Crippen LogP contribution in [0.5, 0.6) is 0 Å². The van der Waals surface area contributed by atoms with Gasteiger partial charge in [-0.05, 0) is 61.9 Å². The Morgan fingerprint density at radius 1 is 0.974 bits per heavy atom. The van der Waals surface area contributed by atoms with Crippen LogP contribution >= 0.6 is 23.2 Å². The van der Waals surface area contributed by atoms with Crippen LogP contribution in [0.1, 0.15) is 32.3 Å². The molecule has 7 nitrogen and oxygen atoms in total. The van der Waals surface area contributed by atoms with Gasteiger partial charge in [0.2, 0.25) is 11.8 Å². The number of hydrogen-bond acceptors (Lipinski definition) is 4. The Kier molecular flexibility index (Phi) is 10.7. The highest BCUT2D eigenvalue weighted by molar-refractivity contribution is 7.92. The molecule has 1 N–H and O–H groups in total. The van der Waals surface area contributed by atoms with E-state index in [0.29, 0.717) is 11.6 Å². The topological polar surface area (TPSA) is 86.8 Å². The predicted octanol–water partition coefficient (Wildman–Crippen LogP) is 5.66. The number of nitrogens with zero attached hydrogens (tertiary/aromatic N) is 2. The number of halogens is 3. The second-order valence-electron chi connectivity index (χ2n) is 8.88. The zero-order chi connectivity index (χ0) is 28.6. The Labute approximate surface area is 238 Å². The molecule has 3 rings (SSSR count). The zero-order valence-corrected chi connectivity index (χ0v) is 23.9.